The molecule has 3 aromatic heterocycles. The van der Waals surface area contributed by atoms with Gasteiger partial charge in [-0.3, -0.25) is 19.6 Å². The van der Waals surface area contributed by atoms with E-state index in [-0.39, 0.29) is 53.6 Å². The third kappa shape index (κ3) is 6.37. The van der Waals surface area contributed by atoms with Gasteiger partial charge < -0.3 is 43.9 Å². The number of hydrogen-bond acceptors (Lipinski definition) is 12. The van der Waals surface area contributed by atoms with Crippen LogP contribution in [0, 0.1) is 13.8 Å². The fourth-order valence-corrected chi connectivity index (χ4v) is 7.46. The summed E-state index contributed by atoms with van der Waals surface area (Å²) in [7, 11) is 6.90. The Hall–Kier alpha value is -4.63. The van der Waals surface area contributed by atoms with Crippen LogP contribution < -0.4 is 0 Å². The second-order valence-electron chi connectivity index (χ2n) is 13.5. The van der Waals surface area contributed by atoms with Crippen molar-refractivity contribution >= 4 is 40.0 Å². The molecule has 5 heterocycles. The maximum atomic E-state index is 13.5. The molecule has 4 atom stereocenters. The number of ether oxygens (including phenoxy) is 5. The number of H-pyrrole nitrogens is 2. The minimum Gasteiger partial charge on any atom is -0.469 e. The van der Waals surface area contributed by atoms with Crippen molar-refractivity contribution in [1.29, 1.82) is 0 Å². The van der Waals surface area contributed by atoms with Gasteiger partial charge in [-0.2, -0.15) is 0 Å². The van der Waals surface area contributed by atoms with Crippen LogP contribution in [0.3, 0.4) is 0 Å². The fraction of sp³-hybridized carbons (Fsp3) is 0.500. The molecule has 0 saturated heterocycles. The Labute approximate surface area is 301 Å². The number of methoxy groups -OCH3 is 5. The maximum absolute atomic E-state index is 13.5. The van der Waals surface area contributed by atoms with Gasteiger partial charge in [0.05, 0.1) is 55.9 Å². The summed E-state index contributed by atoms with van der Waals surface area (Å²) in [6, 6.07) is 5.14. The summed E-state index contributed by atoms with van der Waals surface area (Å²) in [5.41, 5.74) is 2.01. The topological polar surface area (TPSA) is 195 Å². The number of aliphatic hydroxyl groups is 2. The highest BCUT2D eigenvalue weighted by Gasteiger charge is 2.53. The normalized spacial score (nSPS) is 21.3. The molecule has 14 heteroatoms. The third-order valence-corrected chi connectivity index (χ3v) is 10.8. The lowest BCUT2D eigenvalue weighted by Crippen LogP contribution is -2.43. The lowest BCUT2D eigenvalue weighted by Gasteiger charge is -2.34. The second-order valence-corrected chi connectivity index (χ2v) is 13.5. The van der Waals surface area contributed by atoms with Crippen LogP contribution in [0.15, 0.2) is 18.2 Å². The first-order valence-electron chi connectivity index (χ1n) is 17.1. The monoisotopic (exact) mass is 720 g/mol. The lowest BCUT2D eigenvalue weighted by atomic mass is 9.80. The number of aromatic nitrogens is 4. The van der Waals surface area contributed by atoms with Crippen molar-refractivity contribution in [2.24, 2.45) is 0 Å². The third-order valence-electron chi connectivity index (χ3n) is 10.8. The molecule has 14 nitrogen and oxygen atoms in total. The van der Waals surface area contributed by atoms with Gasteiger partial charge in [-0.15, -0.1) is 0 Å². The van der Waals surface area contributed by atoms with E-state index in [1.54, 1.807) is 26.0 Å². The van der Waals surface area contributed by atoms with Crippen LogP contribution in [0.2, 0.25) is 0 Å². The van der Waals surface area contributed by atoms with Gasteiger partial charge >= 0.3 is 17.9 Å². The van der Waals surface area contributed by atoms with Crippen molar-refractivity contribution < 1.29 is 48.3 Å². The van der Waals surface area contributed by atoms with Crippen LogP contribution in [0.25, 0.3) is 22.1 Å². The van der Waals surface area contributed by atoms with Gasteiger partial charge in [-0.1, -0.05) is 13.8 Å². The zero-order chi connectivity index (χ0) is 38.3. The van der Waals surface area contributed by atoms with E-state index in [1.165, 1.54) is 42.5 Å². The highest BCUT2D eigenvalue weighted by Crippen LogP contribution is 2.47. The van der Waals surface area contributed by atoms with Gasteiger partial charge in [0.1, 0.15) is 11.2 Å². The molecule has 0 amide bonds. The molecule has 5 rings (SSSR count). The number of fused-ring (bicyclic) bond motifs is 8. The molecular weight excluding hydrogens is 672 g/mol. The Morgan fingerprint density at radius 1 is 0.865 bits per heavy atom. The molecule has 8 bridgehead atoms. The first-order valence-corrected chi connectivity index (χ1v) is 17.1. The average molecular weight is 721 g/mol. The number of rotatable bonds is 10. The van der Waals surface area contributed by atoms with Crippen molar-refractivity contribution in [1.82, 2.24) is 19.9 Å². The maximum Gasteiger partial charge on any atom is 0.340 e. The Morgan fingerprint density at radius 2 is 1.50 bits per heavy atom. The molecule has 2 aliphatic heterocycles. The van der Waals surface area contributed by atoms with Gasteiger partial charge in [0.25, 0.3) is 0 Å². The molecule has 2 aliphatic rings. The van der Waals surface area contributed by atoms with Gasteiger partial charge in [-0.05, 0) is 62.9 Å². The summed E-state index contributed by atoms with van der Waals surface area (Å²) in [4.78, 5) is 55.8. The molecule has 280 valence electrons. The summed E-state index contributed by atoms with van der Waals surface area (Å²) in [6.07, 6.45) is -0.566. The quantitative estimate of drug-likeness (QED) is 0.124. The molecule has 4 N–H and O–H groups in total. The number of nitrogens with zero attached hydrogens (tertiary/aromatic N) is 2. The lowest BCUT2D eigenvalue weighted by molar-refractivity contribution is -0.148. The number of aromatic amines is 2. The first kappa shape index (κ1) is 38.6. The molecule has 0 fully saturated rings. The van der Waals surface area contributed by atoms with Crippen LogP contribution >= 0.6 is 0 Å². The average Bonchev–Trinajstić information content (AvgIpc) is 3.78. The minimum absolute atomic E-state index is 0.0814. The Kier molecular flexibility index (Phi) is 11.0. The standard InChI is InChI=1S/C38H48N4O10/c1-11-38(47)28-16-25-20(4)32(35(45)50-8)34(41-25)22(14-30(44)49-7)33-21(12-13-29(43)48-6)18(2)23(40-33)15-24-19(3)31(36(51-9)52-10)26(39-24)17-27(42-28)37(38,5)46/h15-18,21,36,39,41,46-47H,11-14H2,1-10H3/t18-,21-,37?,38?/m0/s1. The van der Waals surface area contributed by atoms with E-state index in [4.69, 9.17) is 33.7 Å². The van der Waals surface area contributed by atoms with E-state index >= 15 is 0 Å². The smallest absolute Gasteiger partial charge is 0.340 e. The van der Waals surface area contributed by atoms with E-state index < -0.39 is 35.4 Å². The van der Waals surface area contributed by atoms with E-state index in [9.17, 15) is 24.6 Å². The van der Waals surface area contributed by atoms with Crippen LogP contribution in [-0.4, -0.2) is 83.6 Å². The SMILES string of the molecule is CCC1(O)c2cc3[nH]c(c(CC(=O)OC)c4nc(cc5[nH]c(cc(n2)C1(C)O)c(C(OC)OC)c5C)[C@@H](C)[C@@H]4CCC(=O)OC)c(C(=O)OC)c3C. The Morgan fingerprint density at radius 3 is 2.10 bits per heavy atom. The Bertz CT molecular complexity index is 2060. The molecule has 0 spiro atoms. The van der Waals surface area contributed by atoms with Crippen molar-refractivity contribution in [2.45, 2.75) is 89.6 Å². The number of hydrogen-bond donors (Lipinski definition) is 4. The van der Waals surface area contributed by atoms with Gasteiger partial charge in [0.2, 0.25) is 0 Å². The van der Waals surface area contributed by atoms with E-state index in [1.807, 2.05) is 19.9 Å². The van der Waals surface area contributed by atoms with Gasteiger partial charge in [-0.25, -0.2) is 4.79 Å². The van der Waals surface area contributed by atoms with Gasteiger partial charge in [0, 0.05) is 65.8 Å². The molecule has 2 unspecified atom stereocenters. The van der Waals surface area contributed by atoms with Gasteiger partial charge in [0.15, 0.2) is 6.29 Å². The van der Waals surface area contributed by atoms with Crippen molar-refractivity contribution in [2.75, 3.05) is 35.5 Å². The largest absolute Gasteiger partial charge is 0.469 e. The minimum atomic E-state index is -1.85. The second kappa shape index (κ2) is 14.8. The van der Waals surface area contributed by atoms with Crippen molar-refractivity contribution in [3.8, 4) is 0 Å². The molecule has 0 radical (unpaired) electrons. The summed E-state index contributed by atoms with van der Waals surface area (Å²) in [5, 5.41) is 24.1. The summed E-state index contributed by atoms with van der Waals surface area (Å²) >= 11 is 0. The zero-order valence-corrected chi connectivity index (χ0v) is 31.3. The molecule has 0 saturated carbocycles. The van der Waals surface area contributed by atoms with E-state index in [2.05, 4.69) is 9.97 Å². The highest BCUT2D eigenvalue weighted by atomic mass is 16.7. The van der Waals surface area contributed by atoms with Crippen LogP contribution in [0.5, 0.6) is 0 Å². The van der Waals surface area contributed by atoms with E-state index in [0.717, 1.165) is 5.56 Å². The Balaban J connectivity index is 2.07. The number of aryl methyl sites for hydroxylation is 2. The number of carbonyl (C=O) groups excluding carboxylic acids is 3. The fourth-order valence-electron chi connectivity index (χ4n) is 7.46. The van der Waals surface area contributed by atoms with Crippen LogP contribution in [0.4, 0.5) is 0 Å². The molecule has 3 aromatic rings. The molecular formula is C38H48N4O10. The van der Waals surface area contributed by atoms with Crippen LogP contribution in [-0.2, 0) is 50.9 Å². The van der Waals surface area contributed by atoms with Crippen molar-refractivity contribution in [3.05, 3.63) is 68.8 Å². The van der Waals surface area contributed by atoms with Crippen LogP contribution in [0.1, 0.15) is 114 Å². The molecule has 52 heavy (non-hydrogen) atoms. The van der Waals surface area contributed by atoms with E-state index in [0.29, 0.717) is 51.0 Å². The number of carbonyl (C=O) groups is 3. The number of esters is 3. The predicted octanol–water partition coefficient (Wildman–Crippen LogP) is 5.07. The number of nitrogens with one attached hydrogen (secondary N) is 2. The van der Waals surface area contributed by atoms with Crippen molar-refractivity contribution in [3.63, 3.8) is 0 Å². The predicted molar refractivity (Wildman–Crippen MR) is 190 cm³/mol. The summed E-state index contributed by atoms with van der Waals surface area (Å²) < 4.78 is 26.7. The zero-order valence-electron chi connectivity index (χ0n) is 31.3. The molecule has 0 aliphatic carbocycles. The highest BCUT2D eigenvalue weighted by molar-refractivity contribution is 6.03. The first-order chi connectivity index (χ1) is 24.6. The molecule has 0 aromatic carbocycles. The summed E-state index contributed by atoms with van der Waals surface area (Å²) in [6.45, 7) is 8.84. The summed E-state index contributed by atoms with van der Waals surface area (Å²) in [5.74, 6) is -2.30.